The van der Waals surface area contributed by atoms with E-state index in [2.05, 4.69) is 0 Å². The second-order valence-corrected chi connectivity index (χ2v) is 5.63. The van der Waals surface area contributed by atoms with Crippen LogP contribution < -0.4 is 25.1 Å². The molecular formula is C19H22NO5-. The summed E-state index contributed by atoms with van der Waals surface area (Å²) < 4.78 is 15.9. The van der Waals surface area contributed by atoms with Crippen molar-refractivity contribution in [3.05, 3.63) is 53.1 Å². The Labute approximate surface area is 147 Å². The number of nitrogens with two attached hydrogens (primary N) is 1. The van der Waals surface area contributed by atoms with Crippen molar-refractivity contribution < 1.29 is 24.1 Å². The largest absolute Gasteiger partial charge is 0.550 e. The maximum absolute atomic E-state index is 11.3. The number of carbonyl (C=O) groups is 1. The Morgan fingerprint density at radius 2 is 1.52 bits per heavy atom. The maximum Gasteiger partial charge on any atom is 0.127 e. The van der Waals surface area contributed by atoms with Crippen LogP contribution in [-0.2, 0) is 4.79 Å². The van der Waals surface area contributed by atoms with Crippen molar-refractivity contribution in [2.45, 2.75) is 18.9 Å². The molecule has 0 saturated heterocycles. The van der Waals surface area contributed by atoms with Crippen molar-refractivity contribution in [2.24, 2.45) is 5.73 Å². The summed E-state index contributed by atoms with van der Waals surface area (Å²) in [5, 5.41) is 11.3. The van der Waals surface area contributed by atoms with Crippen LogP contribution in [0.1, 0.15) is 35.6 Å². The molecule has 2 N–H and O–H groups in total. The minimum absolute atomic E-state index is 0.416. The molecule has 0 radical (unpaired) electrons. The lowest BCUT2D eigenvalue weighted by Gasteiger charge is -2.22. The highest BCUT2D eigenvalue weighted by Crippen LogP contribution is 2.37. The smallest absolute Gasteiger partial charge is 0.127 e. The van der Waals surface area contributed by atoms with Gasteiger partial charge in [-0.15, -0.1) is 0 Å². The zero-order chi connectivity index (χ0) is 18.6. The summed E-state index contributed by atoms with van der Waals surface area (Å²) in [5.41, 5.74) is 8.39. The lowest BCUT2D eigenvalue weighted by molar-refractivity contribution is -0.307. The molecule has 2 aromatic carbocycles. The van der Waals surface area contributed by atoms with Gasteiger partial charge < -0.3 is 29.8 Å². The summed E-state index contributed by atoms with van der Waals surface area (Å²) in [6, 6.07) is 10.2. The second kappa shape index (κ2) is 7.90. The third-order valence-corrected chi connectivity index (χ3v) is 4.21. The number of rotatable bonds is 7. The summed E-state index contributed by atoms with van der Waals surface area (Å²) in [6.45, 7) is 1.54. The number of carbonyl (C=O) groups excluding carboxylic acids is 1. The third kappa shape index (κ3) is 3.85. The molecule has 2 unspecified atom stereocenters. The highest BCUT2D eigenvalue weighted by atomic mass is 16.5. The van der Waals surface area contributed by atoms with E-state index in [0.29, 0.717) is 22.6 Å². The molecule has 0 fully saturated rings. The first kappa shape index (κ1) is 18.6. The minimum atomic E-state index is -1.19. The highest BCUT2D eigenvalue weighted by Gasteiger charge is 2.21. The van der Waals surface area contributed by atoms with Crippen LogP contribution in [-0.4, -0.2) is 27.3 Å². The molecule has 2 rings (SSSR count). The molecule has 0 aliphatic rings. The summed E-state index contributed by atoms with van der Waals surface area (Å²) in [5.74, 6) is -0.368. The van der Waals surface area contributed by atoms with Crippen LogP contribution >= 0.6 is 0 Å². The fourth-order valence-electron chi connectivity index (χ4n) is 2.65. The fourth-order valence-corrected chi connectivity index (χ4v) is 2.65. The fraction of sp³-hybridized carbons (Fsp3) is 0.316. The van der Waals surface area contributed by atoms with Gasteiger partial charge in [-0.2, -0.15) is 0 Å². The van der Waals surface area contributed by atoms with E-state index in [9.17, 15) is 9.90 Å². The van der Waals surface area contributed by atoms with Gasteiger partial charge in [0.15, 0.2) is 0 Å². The van der Waals surface area contributed by atoms with E-state index in [1.54, 1.807) is 26.2 Å². The van der Waals surface area contributed by atoms with Crippen LogP contribution in [0.3, 0.4) is 0 Å². The van der Waals surface area contributed by atoms with Gasteiger partial charge in [-0.1, -0.05) is 19.1 Å². The number of hydrogen-bond acceptors (Lipinski definition) is 6. The summed E-state index contributed by atoms with van der Waals surface area (Å²) in [4.78, 5) is 11.3. The Balaban J connectivity index is 2.53. The van der Waals surface area contributed by atoms with Gasteiger partial charge in [0.05, 0.1) is 27.4 Å². The standard InChI is InChI=1S/C19H23NO5/c1-11(19(21)22)14-9-15(17(25-4)10-16(14)24-3)18(20)12-5-7-13(23-2)8-6-12/h5-11,18H,20H2,1-4H3,(H,21,22)/p-1. The molecule has 2 atom stereocenters. The van der Waals surface area contributed by atoms with E-state index in [4.69, 9.17) is 19.9 Å². The molecule has 0 amide bonds. The van der Waals surface area contributed by atoms with Gasteiger partial charge in [0.2, 0.25) is 0 Å². The number of carboxylic acids is 1. The summed E-state index contributed by atoms with van der Waals surface area (Å²) >= 11 is 0. The predicted molar refractivity (Wildman–Crippen MR) is 92.0 cm³/mol. The molecule has 0 aliphatic heterocycles. The van der Waals surface area contributed by atoms with E-state index in [-0.39, 0.29) is 0 Å². The molecule has 6 nitrogen and oxygen atoms in total. The van der Waals surface area contributed by atoms with E-state index in [0.717, 1.165) is 11.3 Å². The molecule has 0 heterocycles. The van der Waals surface area contributed by atoms with Crippen molar-refractivity contribution in [3.63, 3.8) is 0 Å². The molecular weight excluding hydrogens is 322 g/mol. The van der Waals surface area contributed by atoms with Gasteiger partial charge in [0.25, 0.3) is 0 Å². The molecule has 0 saturated carbocycles. The SMILES string of the molecule is COc1ccc(C(N)c2cc(C(C)C(=O)[O-])c(OC)cc2OC)cc1. The molecule has 0 spiro atoms. The van der Waals surface area contributed by atoms with Crippen LogP contribution in [0, 0.1) is 0 Å². The van der Waals surface area contributed by atoms with Crippen molar-refractivity contribution in [1.29, 1.82) is 0 Å². The van der Waals surface area contributed by atoms with Crippen molar-refractivity contribution >= 4 is 5.97 Å². The first-order chi connectivity index (χ1) is 11.9. The first-order valence-electron chi connectivity index (χ1n) is 7.79. The van der Waals surface area contributed by atoms with Crippen LogP contribution in [0.25, 0.3) is 0 Å². The quantitative estimate of drug-likeness (QED) is 0.820. The highest BCUT2D eigenvalue weighted by molar-refractivity contribution is 5.75. The van der Waals surface area contributed by atoms with Crippen molar-refractivity contribution in [1.82, 2.24) is 0 Å². The van der Waals surface area contributed by atoms with Gasteiger partial charge in [-0.3, -0.25) is 0 Å². The predicted octanol–water partition coefficient (Wildman–Crippen LogP) is 1.61. The van der Waals surface area contributed by atoms with Crippen molar-refractivity contribution in [2.75, 3.05) is 21.3 Å². The number of ether oxygens (including phenoxy) is 3. The zero-order valence-corrected chi connectivity index (χ0v) is 14.7. The van der Waals surface area contributed by atoms with E-state index in [1.165, 1.54) is 14.2 Å². The summed E-state index contributed by atoms with van der Waals surface area (Å²) in [7, 11) is 4.60. The Kier molecular flexibility index (Phi) is 5.88. The molecule has 0 aromatic heterocycles. The van der Waals surface area contributed by atoms with Crippen LogP contribution in [0.2, 0.25) is 0 Å². The topological polar surface area (TPSA) is 93.8 Å². The number of methoxy groups -OCH3 is 3. The number of hydrogen-bond donors (Lipinski definition) is 1. The Morgan fingerprint density at radius 3 is 2.00 bits per heavy atom. The zero-order valence-electron chi connectivity index (χ0n) is 14.7. The van der Waals surface area contributed by atoms with Gasteiger partial charge in [-0.25, -0.2) is 0 Å². The average molecular weight is 344 g/mol. The van der Waals surface area contributed by atoms with E-state index in [1.807, 2.05) is 24.3 Å². The molecule has 2 aromatic rings. The van der Waals surface area contributed by atoms with E-state index < -0.39 is 17.9 Å². The van der Waals surface area contributed by atoms with Gasteiger partial charge in [0.1, 0.15) is 17.2 Å². The Bertz CT molecular complexity index is 742. The number of benzene rings is 2. The van der Waals surface area contributed by atoms with Gasteiger partial charge in [-0.05, 0) is 23.8 Å². The molecule has 25 heavy (non-hydrogen) atoms. The average Bonchev–Trinajstić information content (AvgIpc) is 2.65. The minimum Gasteiger partial charge on any atom is -0.550 e. The monoisotopic (exact) mass is 344 g/mol. The molecule has 0 bridgehead atoms. The Morgan fingerprint density at radius 1 is 0.960 bits per heavy atom. The maximum atomic E-state index is 11.3. The number of carboxylic acid groups (broad SMARTS) is 1. The first-order valence-corrected chi connectivity index (χ1v) is 7.79. The molecule has 0 aliphatic carbocycles. The lowest BCUT2D eigenvalue weighted by Crippen LogP contribution is -2.28. The molecule has 6 heteroatoms. The Hall–Kier alpha value is -2.73. The number of aliphatic carboxylic acids is 1. The van der Waals surface area contributed by atoms with Crippen LogP contribution in [0.15, 0.2) is 36.4 Å². The van der Waals surface area contributed by atoms with Crippen molar-refractivity contribution in [3.8, 4) is 17.2 Å². The van der Waals surface area contributed by atoms with Gasteiger partial charge >= 0.3 is 0 Å². The van der Waals surface area contributed by atoms with E-state index >= 15 is 0 Å². The third-order valence-electron chi connectivity index (χ3n) is 4.21. The van der Waals surface area contributed by atoms with Crippen LogP contribution in [0.4, 0.5) is 0 Å². The normalized spacial score (nSPS) is 13.0. The molecule has 134 valence electrons. The second-order valence-electron chi connectivity index (χ2n) is 5.63. The lowest BCUT2D eigenvalue weighted by atomic mass is 9.92. The van der Waals surface area contributed by atoms with Gasteiger partial charge in [0, 0.05) is 29.1 Å². The van der Waals surface area contributed by atoms with Crippen LogP contribution in [0.5, 0.6) is 17.2 Å². The summed E-state index contributed by atoms with van der Waals surface area (Å²) in [6.07, 6.45) is 0.